The molecule has 2 aromatic carbocycles. The highest BCUT2D eigenvalue weighted by atomic mass is 32.2. The van der Waals surface area contributed by atoms with E-state index in [0.717, 1.165) is 42.6 Å². The average molecular weight is 410 g/mol. The quantitative estimate of drug-likeness (QED) is 0.648. The number of ether oxygens (including phenoxy) is 1. The lowest BCUT2D eigenvalue weighted by Crippen LogP contribution is -2.49. The Labute approximate surface area is 177 Å². The van der Waals surface area contributed by atoms with E-state index in [-0.39, 0.29) is 5.91 Å². The van der Waals surface area contributed by atoms with Gasteiger partial charge in [-0.1, -0.05) is 12.1 Å². The maximum atomic E-state index is 12.6. The highest BCUT2D eigenvalue weighted by Crippen LogP contribution is 2.25. The van der Waals surface area contributed by atoms with Crippen LogP contribution in [0, 0.1) is 11.3 Å². The number of hydrogen-bond acceptors (Lipinski definition) is 5. The van der Waals surface area contributed by atoms with E-state index in [1.807, 2.05) is 41.3 Å². The van der Waals surface area contributed by atoms with Gasteiger partial charge in [0.15, 0.2) is 0 Å². The third kappa shape index (κ3) is 5.75. The van der Waals surface area contributed by atoms with Gasteiger partial charge in [-0.15, -0.1) is 11.8 Å². The molecule has 6 heteroatoms. The summed E-state index contributed by atoms with van der Waals surface area (Å²) in [6, 6.07) is 18.1. The van der Waals surface area contributed by atoms with E-state index in [1.165, 1.54) is 5.56 Å². The molecule has 2 aromatic rings. The zero-order valence-corrected chi connectivity index (χ0v) is 17.8. The Kier molecular flexibility index (Phi) is 7.56. The molecule has 1 fully saturated rings. The second-order valence-corrected chi connectivity index (χ2v) is 8.27. The molecule has 29 heavy (non-hydrogen) atoms. The van der Waals surface area contributed by atoms with E-state index in [0.29, 0.717) is 18.0 Å². The van der Waals surface area contributed by atoms with Crippen LogP contribution in [0.1, 0.15) is 30.5 Å². The topological polar surface area (TPSA) is 56.6 Å². The molecule has 3 rings (SSSR count). The second-order valence-electron chi connectivity index (χ2n) is 7.10. The Morgan fingerprint density at radius 3 is 2.55 bits per heavy atom. The van der Waals surface area contributed by atoms with Gasteiger partial charge in [0.25, 0.3) is 0 Å². The first kappa shape index (κ1) is 21.2. The lowest BCUT2D eigenvalue weighted by Gasteiger charge is -2.38. The maximum Gasteiger partial charge on any atom is 0.223 e. The summed E-state index contributed by atoms with van der Waals surface area (Å²) in [7, 11) is 1.69. The van der Waals surface area contributed by atoms with Gasteiger partial charge < -0.3 is 9.64 Å². The first-order chi connectivity index (χ1) is 14.1. The summed E-state index contributed by atoms with van der Waals surface area (Å²) < 4.78 is 5.33. The monoisotopic (exact) mass is 409 g/mol. The van der Waals surface area contributed by atoms with Crippen LogP contribution in [0.15, 0.2) is 53.4 Å². The van der Waals surface area contributed by atoms with Gasteiger partial charge in [0.05, 0.1) is 18.7 Å². The van der Waals surface area contributed by atoms with E-state index in [4.69, 9.17) is 10.00 Å². The fraction of sp³-hybridized carbons (Fsp3) is 0.391. The molecule has 1 unspecified atom stereocenters. The van der Waals surface area contributed by atoms with Gasteiger partial charge in [0.2, 0.25) is 5.91 Å². The molecule has 0 N–H and O–H groups in total. The summed E-state index contributed by atoms with van der Waals surface area (Å²) >= 11 is 1.66. The maximum absolute atomic E-state index is 12.6. The standard InChI is InChI=1S/C23H27N3O2S/c1-18(20-4-3-5-21(16-20)28-2)25-11-13-26(14-12-25)23(27)10-15-29-22-8-6-19(17-24)7-9-22/h3-9,16,18H,10-15H2,1-2H3. The summed E-state index contributed by atoms with van der Waals surface area (Å²) in [6.07, 6.45) is 0.538. The van der Waals surface area contributed by atoms with Crippen LogP contribution in [0.3, 0.4) is 0 Å². The Bertz CT molecular complexity index is 855. The minimum absolute atomic E-state index is 0.222. The van der Waals surface area contributed by atoms with Crippen LogP contribution in [0.2, 0.25) is 0 Å². The number of benzene rings is 2. The summed E-state index contributed by atoms with van der Waals surface area (Å²) in [5, 5.41) is 8.85. The van der Waals surface area contributed by atoms with Gasteiger partial charge in [-0.3, -0.25) is 9.69 Å². The highest BCUT2D eigenvalue weighted by Gasteiger charge is 2.24. The van der Waals surface area contributed by atoms with Crippen LogP contribution in [0.4, 0.5) is 0 Å². The van der Waals surface area contributed by atoms with Crippen molar-refractivity contribution in [3.63, 3.8) is 0 Å². The van der Waals surface area contributed by atoms with Crippen LogP contribution >= 0.6 is 11.8 Å². The van der Waals surface area contributed by atoms with Crippen LogP contribution in [0.25, 0.3) is 0 Å². The van der Waals surface area contributed by atoms with Crippen LogP contribution in [0.5, 0.6) is 5.75 Å². The van der Waals surface area contributed by atoms with Gasteiger partial charge >= 0.3 is 0 Å². The molecule has 1 atom stereocenters. The Hall–Kier alpha value is -2.49. The van der Waals surface area contributed by atoms with Crippen LogP contribution < -0.4 is 4.74 Å². The molecular formula is C23H27N3O2S. The average Bonchev–Trinajstić information content (AvgIpc) is 2.79. The first-order valence-electron chi connectivity index (χ1n) is 9.89. The zero-order valence-electron chi connectivity index (χ0n) is 17.0. The zero-order chi connectivity index (χ0) is 20.6. The largest absolute Gasteiger partial charge is 0.497 e. The number of hydrogen-bond donors (Lipinski definition) is 0. The van der Waals surface area contributed by atoms with Gasteiger partial charge in [-0.2, -0.15) is 5.26 Å². The fourth-order valence-corrected chi connectivity index (χ4v) is 4.35. The molecule has 0 aromatic heterocycles. The number of nitrogens with zero attached hydrogens (tertiary/aromatic N) is 3. The predicted octanol–water partition coefficient (Wildman–Crippen LogP) is 3.95. The molecule has 152 valence electrons. The lowest BCUT2D eigenvalue weighted by atomic mass is 10.1. The second kappa shape index (κ2) is 10.3. The lowest BCUT2D eigenvalue weighted by molar-refractivity contribution is -0.132. The van der Waals surface area contributed by atoms with Crippen molar-refractivity contribution < 1.29 is 9.53 Å². The summed E-state index contributed by atoms with van der Waals surface area (Å²) in [4.78, 5) is 18.0. The SMILES string of the molecule is COc1cccc(C(C)N2CCN(C(=O)CCSc3ccc(C#N)cc3)CC2)c1. The van der Waals surface area contributed by atoms with Crippen molar-refractivity contribution in [2.45, 2.75) is 24.3 Å². The number of piperazine rings is 1. The molecule has 0 spiro atoms. The first-order valence-corrected chi connectivity index (χ1v) is 10.9. The van der Waals surface area contributed by atoms with E-state index in [1.54, 1.807) is 18.9 Å². The molecule has 0 saturated carbocycles. The highest BCUT2D eigenvalue weighted by molar-refractivity contribution is 7.99. The summed E-state index contributed by atoms with van der Waals surface area (Å²) in [6.45, 7) is 5.52. The van der Waals surface area contributed by atoms with Crippen molar-refractivity contribution in [2.24, 2.45) is 0 Å². The third-order valence-electron chi connectivity index (χ3n) is 5.36. The number of nitriles is 1. The number of amides is 1. The molecular weight excluding hydrogens is 382 g/mol. The van der Waals surface area contributed by atoms with E-state index in [9.17, 15) is 4.79 Å². The predicted molar refractivity (Wildman–Crippen MR) is 116 cm³/mol. The number of methoxy groups -OCH3 is 1. The molecule has 1 saturated heterocycles. The Morgan fingerprint density at radius 2 is 1.90 bits per heavy atom. The molecule has 0 bridgehead atoms. The van der Waals surface area contributed by atoms with Crippen molar-refractivity contribution in [2.75, 3.05) is 39.0 Å². The van der Waals surface area contributed by atoms with Crippen LogP contribution in [-0.4, -0.2) is 54.7 Å². The molecule has 1 aliphatic rings. The smallest absolute Gasteiger partial charge is 0.223 e. The van der Waals surface area contributed by atoms with E-state index in [2.05, 4.69) is 30.0 Å². The molecule has 0 radical (unpaired) electrons. The summed E-state index contributed by atoms with van der Waals surface area (Å²) in [5.74, 6) is 1.85. The minimum Gasteiger partial charge on any atom is -0.497 e. The van der Waals surface area contributed by atoms with Crippen LogP contribution in [-0.2, 0) is 4.79 Å². The van der Waals surface area contributed by atoms with E-state index >= 15 is 0 Å². The minimum atomic E-state index is 0.222. The van der Waals surface area contributed by atoms with Crippen molar-refractivity contribution in [3.05, 3.63) is 59.7 Å². The van der Waals surface area contributed by atoms with Crippen molar-refractivity contribution >= 4 is 17.7 Å². The number of carbonyl (C=O) groups excluding carboxylic acids is 1. The van der Waals surface area contributed by atoms with Crippen molar-refractivity contribution in [1.29, 1.82) is 5.26 Å². The van der Waals surface area contributed by atoms with Gasteiger partial charge in [-0.05, 0) is 48.9 Å². The van der Waals surface area contributed by atoms with Crippen molar-refractivity contribution in [3.8, 4) is 11.8 Å². The number of thioether (sulfide) groups is 1. The molecule has 1 heterocycles. The Morgan fingerprint density at radius 1 is 1.17 bits per heavy atom. The third-order valence-corrected chi connectivity index (χ3v) is 6.37. The van der Waals surface area contributed by atoms with Gasteiger partial charge in [0, 0.05) is 49.3 Å². The Balaban J connectivity index is 1.43. The molecule has 1 aliphatic heterocycles. The van der Waals surface area contributed by atoms with Gasteiger partial charge in [-0.25, -0.2) is 0 Å². The fourth-order valence-electron chi connectivity index (χ4n) is 3.51. The number of carbonyl (C=O) groups is 1. The molecule has 5 nitrogen and oxygen atoms in total. The molecule has 0 aliphatic carbocycles. The van der Waals surface area contributed by atoms with Gasteiger partial charge in [0.1, 0.15) is 5.75 Å². The normalized spacial score (nSPS) is 15.6. The van der Waals surface area contributed by atoms with E-state index < -0.39 is 0 Å². The van der Waals surface area contributed by atoms with Crippen molar-refractivity contribution in [1.82, 2.24) is 9.80 Å². The molecule has 1 amide bonds. The summed E-state index contributed by atoms with van der Waals surface area (Å²) in [5.41, 5.74) is 1.90. The number of rotatable bonds is 7.